The van der Waals surface area contributed by atoms with Crippen LogP contribution in [0.25, 0.3) is 0 Å². The van der Waals surface area contributed by atoms with E-state index in [1.807, 2.05) is 11.3 Å². The van der Waals surface area contributed by atoms with Gasteiger partial charge in [0.25, 0.3) is 0 Å². The molecule has 1 rings (SSSR count). The second kappa shape index (κ2) is 5.64. The van der Waals surface area contributed by atoms with Crippen molar-refractivity contribution in [1.82, 2.24) is 4.90 Å². The fraction of sp³-hybridized carbons (Fsp3) is 0.667. The molecule has 0 aliphatic carbocycles. The molecule has 0 saturated carbocycles. The lowest BCUT2D eigenvalue weighted by Gasteiger charge is -2.33. The van der Waals surface area contributed by atoms with Crippen molar-refractivity contribution in [2.24, 2.45) is 5.73 Å². The Kier molecular flexibility index (Phi) is 4.77. The van der Waals surface area contributed by atoms with E-state index in [0.29, 0.717) is 18.6 Å². The highest BCUT2D eigenvalue weighted by Crippen LogP contribution is 2.29. The molecule has 1 heterocycles. The average Bonchev–Trinajstić information content (AvgIpc) is 2.60. The summed E-state index contributed by atoms with van der Waals surface area (Å²) in [6.07, 6.45) is 0. The number of hydrogen-bond acceptors (Lipinski definition) is 3. The van der Waals surface area contributed by atoms with Crippen molar-refractivity contribution in [2.75, 3.05) is 13.1 Å². The summed E-state index contributed by atoms with van der Waals surface area (Å²) in [7, 11) is 0. The summed E-state index contributed by atoms with van der Waals surface area (Å²) in [4.78, 5) is 3.88. The first-order chi connectivity index (χ1) is 7.11. The van der Waals surface area contributed by atoms with Crippen LogP contribution in [0, 0.1) is 6.92 Å². The molecule has 2 N–H and O–H groups in total. The van der Waals surface area contributed by atoms with Gasteiger partial charge in [0.05, 0.1) is 6.04 Å². The van der Waals surface area contributed by atoms with E-state index in [0.717, 1.165) is 6.54 Å². The predicted molar refractivity (Wildman–Crippen MR) is 68.4 cm³/mol. The van der Waals surface area contributed by atoms with Gasteiger partial charge < -0.3 is 5.73 Å². The number of thiophene rings is 1. The van der Waals surface area contributed by atoms with Crippen molar-refractivity contribution in [2.45, 2.75) is 39.8 Å². The standard InChI is InChI=1S/C12H22N2S/c1-5-14(9(2)3)11(8-13)12-10(4)6-7-15-12/h6-7,9,11H,5,8,13H2,1-4H3. The molecule has 0 amide bonds. The first-order valence-electron chi connectivity index (χ1n) is 5.61. The minimum atomic E-state index is 0.384. The van der Waals surface area contributed by atoms with Crippen molar-refractivity contribution in [3.63, 3.8) is 0 Å². The van der Waals surface area contributed by atoms with E-state index in [-0.39, 0.29) is 0 Å². The van der Waals surface area contributed by atoms with Crippen LogP contribution in [0.1, 0.15) is 37.3 Å². The minimum absolute atomic E-state index is 0.384. The van der Waals surface area contributed by atoms with Crippen LogP contribution in [0.4, 0.5) is 0 Å². The highest BCUT2D eigenvalue weighted by Gasteiger charge is 2.22. The molecule has 1 aromatic rings. The van der Waals surface area contributed by atoms with Gasteiger partial charge in [-0.2, -0.15) is 0 Å². The predicted octanol–water partition coefficient (Wildman–Crippen LogP) is 2.79. The Hall–Kier alpha value is -0.380. The lowest BCUT2D eigenvalue weighted by atomic mass is 10.1. The SMILES string of the molecule is CCN(C(C)C)C(CN)c1sccc1C. The number of nitrogens with two attached hydrogens (primary N) is 1. The summed E-state index contributed by atoms with van der Waals surface area (Å²) in [5.74, 6) is 0. The Morgan fingerprint density at radius 2 is 2.13 bits per heavy atom. The fourth-order valence-corrected chi connectivity index (χ4v) is 3.13. The van der Waals surface area contributed by atoms with Crippen LogP contribution >= 0.6 is 11.3 Å². The van der Waals surface area contributed by atoms with Gasteiger partial charge in [-0.1, -0.05) is 6.92 Å². The van der Waals surface area contributed by atoms with E-state index in [2.05, 4.69) is 44.0 Å². The van der Waals surface area contributed by atoms with Gasteiger partial charge >= 0.3 is 0 Å². The summed E-state index contributed by atoms with van der Waals surface area (Å²) >= 11 is 1.82. The van der Waals surface area contributed by atoms with Gasteiger partial charge in [-0.3, -0.25) is 4.90 Å². The first kappa shape index (κ1) is 12.7. The Balaban J connectivity index is 2.92. The van der Waals surface area contributed by atoms with E-state index in [4.69, 9.17) is 5.73 Å². The summed E-state index contributed by atoms with van der Waals surface area (Å²) in [6, 6.07) is 3.11. The van der Waals surface area contributed by atoms with Crippen molar-refractivity contribution in [1.29, 1.82) is 0 Å². The Morgan fingerprint density at radius 1 is 1.47 bits per heavy atom. The molecule has 0 aliphatic heterocycles. The molecule has 3 heteroatoms. The topological polar surface area (TPSA) is 29.3 Å². The van der Waals surface area contributed by atoms with Crippen molar-refractivity contribution < 1.29 is 0 Å². The number of aryl methyl sites for hydroxylation is 1. The molecular formula is C12H22N2S. The molecule has 0 radical (unpaired) electrons. The maximum atomic E-state index is 5.91. The lowest BCUT2D eigenvalue weighted by molar-refractivity contribution is 0.168. The van der Waals surface area contributed by atoms with Crippen LogP contribution in [0.15, 0.2) is 11.4 Å². The summed E-state index contributed by atoms with van der Waals surface area (Å²) in [5.41, 5.74) is 7.28. The third kappa shape index (κ3) is 2.80. The van der Waals surface area contributed by atoms with Crippen LogP contribution in [0.3, 0.4) is 0 Å². The maximum absolute atomic E-state index is 5.91. The molecule has 0 spiro atoms. The molecule has 0 fully saturated rings. The minimum Gasteiger partial charge on any atom is -0.329 e. The van der Waals surface area contributed by atoms with Crippen molar-refractivity contribution in [3.05, 3.63) is 21.9 Å². The lowest BCUT2D eigenvalue weighted by Crippen LogP contribution is -2.38. The van der Waals surface area contributed by atoms with Crippen LogP contribution < -0.4 is 5.73 Å². The quantitative estimate of drug-likeness (QED) is 0.836. The number of rotatable bonds is 5. The molecule has 0 bridgehead atoms. The summed E-state index contributed by atoms with van der Waals surface area (Å²) in [6.45, 7) is 10.6. The monoisotopic (exact) mass is 226 g/mol. The van der Waals surface area contributed by atoms with Gasteiger partial charge in [-0.05, 0) is 44.3 Å². The third-order valence-corrected chi connectivity index (χ3v) is 3.98. The number of likely N-dealkylation sites (N-methyl/N-ethyl adjacent to an activating group) is 1. The van der Waals surface area contributed by atoms with Gasteiger partial charge in [-0.15, -0.1) is 11.3 Å². The molecule has 86 valence electrons. The van der Waals surface area contributed by atoms with E-state index in [1.54, 1.807) is 0 Å². The zero-order valence-corrected chi connectivity index (χ0v) is 11.0. The zero-order valence-electron chi connectivity index (χ0n) is 10.2. The van der Waals surface area contributed by atoms with E-state index < -0.39 is 0 Å². The molecule has 0 saturated heterocycles. The van der Waals surface area contributed by atoms with Crippen LogP contribution in [0.5, 0.6) is 0 Å². The number of nitrogens with zero attached hydrogens (tertiary/aromatic N) is 1. The van der Waals surface area contributed by atoms with Gasteiger partial charge in [0.15, 0.2) is 0 Å². The first-order valence-corrected chi connectivity index (χ1v) is 6.49. The van der Waals surface area contributed by atoms with E-state index in [9.17, 15) is 0 Å². The van der Waals surface area contributed by atoms with Crippen LogP contribution in [-0.4, -0.2) is 24.0 Å². The molecule has 1 unspecified atom stereocenters. The van der Waals surface area contributed by atoms with Gasteiger partial charge in [0.2, 0.25) is 0 Å². The second-order valence-corrected chi connectivity index (χ2v) is 5.09. The van der Waals surface area contributed by atoms with Crippen molar-refractivity contribution >= 4 is 11.3 Å². The second-order valence-electron chi connectivity index (χ2n) is 4.14. The van der Waals surface area contributed by atoms with Crippen LogP contribution in [-0.2, 0) is 0 Å². The normalized spacial score (nSPS) is 13.8. The van der Waals surface area contributed by atoms with Crippen LogP contribution in [0.2, 0.25) is 0 Å². The number of hydrogen-bond donors (Lipinski definition) is 1. The largest absolute Gasteiger partial charge is 0.329 e. The van der Waals surface area contributed by atoms with Gasteiger partial charge in [-0.25, -0.2) is 0 Å². The third-order valence-electron chi connectivity index (χ3n) is 2.86. The van der Waals surface area contributed by atoms with E-state index in [1.165, 1.54) is 10.4 Å². The smallest absolute Gasteiger partial charge is 0.0569 e. The van der Waals surface area contributed by atoms with Crippen molar-refractivity contribution in [3.8, 4) is 0 Å². The maximum Gasteiger partial charge on any atom is 0.0569 e. The Labute approximate surface area is 97.1 Å². The zero-order chi connectivity index (χ0) is 11.4. The molecule has 0 aromatic carbocycles. The molecule has 0 aliphatic rings. The fourth-order valence-electron chi connectivity index (χ4n) is 2.06. The molecule has 15 heavy (non-hydrogen) atoms. The summed E-state index contributed by atoms with van der Waals surface area (Å²) in [5, 5.41) is 2.15. The van der Waals surface area contributed by atoms with Gasteiger partial charge in [0, 0.05) is 17.5 Å². The Bertz CT molecular complexity index is 294. The molecular weight excluding hydrogens is 204 g/mol. The highest BCUT2D eigenvalue weighted by molar-refractivity contribution is 7.10. The molecule has 1 aromatic heterocycles. The molecule has 1 atom stereocenters. The highest BCUT2D eigenvalue weighted by atomic mass is 32.1. The summed E-state index contributed by atoms with van der Waals surface area (Å²) < 4.78 is 0. The Morgan fingerprint density at radius 3 is 2.47 bits per heavy atom. The van der Waals surface area contributed by atoms with E-state index >= 15 is 0 Å². The average molecular weight is 226 g/mol. The van der Waals surface area contributed by atoms with Gasteiger partial charge in [0.1, 0.15) is 0 Å². The molecule has 2 nitrogen and oxygen atoms in total.